The fourth-order valence-electron chi connectivity index (χ4n) is 0.920. The summed E-state index contributed by atoms with van der Waals surface area (Å²) in [6.45, 7) is 0. The van der Waals surface area contributed by atoms with Crippen molar-refractivity contribution in [1.82, 2.24) is 0 Å². The molecule has 0 aromatic heterocycles. The first kappa shape index (κ1) is 11.4. The molecule has 0 unspecified atom stereocenters. The zero-order valence-electron chi connectivity index (χ0n) is 6.85. The van der Waals surface area contributed by atoms with E-state index in [0.29, 0.717) is 3.57 Å². The fourth-order valence-corrected chi connectivity index (χ4v) is 1.61. The monoisotopic (exact) mass is 323 g/mol. The van der Waals surface area contributed by atoms with E-state index in [-0.39, 0.29) is 17.0 Å². The summed E-state index contributed by atoms with van der Waals surface area (Å²) < 4.78 is 13.7. The van der Waals surface area contributed by atoms with Gasteiger partial charge in [0, 0.05) is 3.57 Å². The van der Waals surface area contributed by atoms with Gasteiger partial charge >= 0.3 is 0 Å². The summed E-state index contributed by atoms with van der Waals surface area (Å²) in [5.41, 5.74) is 0.150. The molecule has 1 aromatic carbocycles. The molecule has 0 aliphatic carbocycles. The second-order valence-electron chi connectivity index (χ2n) is 2.48. The van der Waals surface area contributed by atoms with Gasteiger partial charge in [-0.05, 0) is 34.7 Å². The minimum absolute atomic E-state index is 0.128. The van der Waals surface area contributed by atoms with E-state index < -0.39 is 11.6 Å². The molecule has 0 saturated carbocycles. The Kier molecular flexibility index (Phi) is 3.84. The van der Waals surface area contributed by atoms with Gasteiger partial charge in [-0.3, -0.25) is 4.79 Å². The van der Waals surface area contributed by atoms with Gasteiger partial charge in [-0.2, -0.15) is 5.26 Å². The molecule has 0 saturated heterocycles. The molecule has 0 heterocycles. The van der Waals surface area contributed by atoms with Crippen LogP contribution in [0.2, 0.25) is 0 Å². The first-order valence-electron chi connectivity index (χ1n) is 3.58. The molecule has 1 aromatic rings. The van der Waals surface area contributed by atoms with Crippen molar-refractivity contribution in [3.63, 3.8) is 0 Å². The van der Waals surface area contributed by atoms with Crippen LogP contribution < -0.4 is 0 Å². The lowest BCUT2D eigenvalue weighted by atomic mass is 10.1. The van der Waals surface area contributed by atoms with E-state index in [0.717, 1.165) is 6.07 Å². The fraction of sp³-hybridized carbons (Fsp3) is 0.111. The molecule has 0 aliphatic rings. The highest BCUT2D eigenvalue weighted by atomic mass is 127. The number of carbonyl (C=O) groups is 1. The Morgan fingerprint density at radius 1 is 1.64 bits per heavy atom. The van der Waals surface area contributed by atoms with Crippen LogP contribution in [0.15, 0.2) is 12.1 Å². The van der Waals surface area contributed by atoms with E-state index in [1.165, 1.54) is 6.07 Å². The maximum Gasteiger partial charge on any atom is 0.180 e. The maximum absolute atomic E-state index is 13.2. The molecular weight excluding hydrogens is 319 g/mol. The van der Waals surface area contributed by atoms with Crippen molar-refractivity contribution < 1.29 is 9.18 Å². The third kappa shape index (κ3) is 2.22. The van der Waals surface area contributed by atoms with Crippen LogP contribution in [0.5, 0.6) is 0 Å². The zero-order valence-corrected chi connectivity index (χ0v) is 9.76. The van der Waals surface area contributed by atoms with E-state index in [1.807, 2.05) is 28.7 Å². The normalized spacial score (nSPS) is 9.57. The molecule has 0 atom stereocenters. The van der Waals surface area contributed by atoms with Crippen LogP contribution in [-0.2, 0) is 0 Å². The third-order valence-corrected chi connectivity index (χ3v) is 2.73. The molecule has 2 nitrogen and oxygen atoms in total. The minimum Gasteiger partial charge on any atom is -0.293 e. The first-order chi connectivity index (χ1) is 6.60. The number of Topliss-reactive ketones (excluding diaryl/α,β-unsaturated/α-hetero) is 1. The van der Waals surface area contributed by atoms with Crippen LogP contribution in [-0.4, -0.2) is 11.7 Å². The molecule has 5 heteroatoms. The van der Waals surface area contributed by atoms with Crippen molar-refractivity contribution in [3.8, 4) is 6.07 Å². The molecule has 0 spiro atoms. The quantitative estimate of drug-likeness (QED) is 0.477. The van der Waals surface area contributed by atoms with E-state index in [4.69, 9.17) is 16.9 Å². The Morgan fingerprint density at radius 3 is 2.79 bits per heavy atom. The summed E-state index contributed by atoms with van der Waals surface area (Å²) in [6, 6.07) is 4.25. The highest BCUT2D eigenvalue weighted by molar-refractivity contribution is 14.1. The third-order valence-electron chi connectivity index (χ3n) is 1.60. The number of rotatable bonds is 2. The smallest absolute Gasteiger partial charge is 0.180 e. The lowest BCUT2D eigenvalue weighted by molar-refractivity contribution is 0.101. The second kappa shape index (κ2) is 4.71. The molecule has 0 N–H and O–H groups in total. The van der Waals surface area contributed by atoms with Crippen molar-refractivity contribution in [2.24, 2.45) is 0 Å². The number of hydrogen-bond acceptors (Lipinski definition) is 2. The van der Waals surface area contributed by atoms with E-state index in [2.05, 4.69) is 0 Å². The van der Waals surface area contributed by atoms with Crippen LogP contribution in [0.25, 0.3) is 0 Å². The summed E-state index contributed by atoms with van der Waals surface area (Å²) in [4.78, 5) is 11.1. The number of nitrogens with zero attached hydrogens (tertiary/aromatic N) is 1. The molecule has 0 amide bonds. The van der Waals surface area contributed by atoms with Crippen molar-refractivity contribution in [2.45, 2.75) is 0 Å². The predicted octanol–water partition coefficient (Wildman–Crippen LogP) is 2.72. The van der Waals surface area contributed by atoms with Crippen LogP contribution in [0, 0.1) is 20.7 Å². The van der Waals surface area contributed by atoms with Crippen LogP contribution >= 0.6 is 34.2 Å². The van der Waals surface area contributed by atoms with Gasteiger partial charge in [-0.25, -0.2) is 4.39 Å². The van der Waals surface area contributed by atoms with Gasteiger partial charge in [0.2, 0.25) is 0 Å². The van der Waals surface area contributed by atoms with Gasteiger partial charge in [0.05, 0.1) is 17.0 Å². The molecule has 0 fully saturated rings. The Labute approximate surface area is 98.8 Å². The van der Waals surface area contributed by atoms with Crippen molar-refractivity contribution >= 4 is 40.0 Å². The maximum atomic E-state index is 13.2. The van der Waals surface area contributed by atoms with Crippen molar-refractivity contribution in [2.75, 3.05) is 5.88 Å². The number of ketones is 1. The Bertz CT molecular complexity index is 428. The topological polar surface area (TPSA) is 40.9 Å². The Balaban J connectivity index is 3.33. The Hall–Kier alpha value is -0.670. The van der Waals surface area contributed by atoms with E-state index in [1.54, 1.807) is 0 Å². The minimum atomic E-state index is -0.640. The molecule has 0 aliphatic heterocycles. The number of benzene rings is 1. The molecule has 14 heavy (non-hydrogen) atoms. The molecule has 1 rings (SSSR count). The van der Waals surface area contributed by atoms with Crippen molar-refractivity contribution in [1.29, 1.82) is 5.26 Å². The number of alkyl halides is 1. The van der Waals surface area contributed by atoms with Gasteiger partial charge in [-0.1, -0.05) is 0 Å². The Morgan fingerprint density at radius 2 is 2.29 bits per heavy atom. The van der Waals surface area contributed by atoms with Crippen molar-refractivity contribution in [3.05, 3.63) is 32.6 Å². The second-order valence-corrected chi connectivity index (χ2v) is 3.91. The van der Waals surface area contributed by atoms with Gasteiger partial charge in [0.1, 0.15) is 11.9 Å². The van der Waals surface area contributed by atoms with Gasteiger partial charge in [-0.15, -0.1) is 11.6 Å². The molecule has 0 radical (unpaired) electrons. The van der Waals surface area contributed by atoms with E-state index >= 15 is 0 Å². The number of nitriles is 1. The molecular formula is C9H4ClFINO. The SMILES string of the molecule is N#Cc1cc(C(=O)CCl)c(F)cc1I. The first-order valence-corrected chi connectivity index (χ1v) is 5.19. The lowest BCUT2D eigenvalue weighted by Gasteiger charge is -2.01. The number of carbonyl (C=O) groups excluding carboxylic acids is 1. The summed E-state index contributed by atoms with van der Waals surface area (Å²) in [7, 11) is 0. The van der Waals surface area contributed by atoms with Gasteiger partial charge in [0.15, 0.2) is 5.78 Å². The number of halogens is 3. The summed E-state index contributed by atoms with van der Waals surface area (Å²) in [5.74, 6) is -1.45. The highest BCUT2D eigenvalue weighted by Gasteiger charge is 2.13. The molecule has 0 bridgehead atoms. The van der Waals surface area contributed by atoms with Crippen LogP contribution in [0.3, 0.4) is 0 Å². The summed E-state index contributed by atoms with van der Waals surface area (Å²) >= 11 is 7.12. The average Bonchev–Trinajstić information content (AvgIpc) is 2.17. The van der Waals surface area contributed by atoms with Crippen LogP contribution in [0.1, 0.15) is 15.9 Å². The lowest BCUT2D eigenvalue weighted by Crippen LogP contribution is -2.05. The standard InChI is InChI=1S/C9H4ClFINO/c10-3-9(14)6-1-5(4-13)8(12)2-7(6)11/h1-2H,3H2. The van der Waals surface area contributed by atoms with Gasteiger partial charge < -0.3 is 0 Å². The highest BCUT2D eigenvalue weighted by Crippen LogP contribution is 2.18. The number of hydrogen-bond donors (Lipinski definition) is 0. The average molecular weight is 323 g/mol. The van der Waals surface area contributed by atoms with E-state index in [9.17, 15) is 9.18 Å². The zero-order chi connectivity index (χ0) is 10.7. The molecule has 72 valence electrons. The van der Waals surface area contributed by atoms with Crippen LogP contribution in [0.4, 0.5) is 4.39 Å². The van der Waals surface area contributed by atoms with Gasteiger partial charge in [0.25, 0.3) is 0 Å². The summed E-state index contributed by atoms with van der Waals surface area (Å²) in [5, 5.41) is 8.67. The summed E-state index contributed by atoms with van der Waals surface area (Å²) in [6.07, 6.45) is 0. The largest absolute Gasteiger partial charge is 0.293 e. The predicted molar refractivity (Wildman–Crippen MR) is 58.9 cm³/mol.